The standard InChI is InChI=1S/C14H16Cl2O2/c1-2-8(5-9-6-12(9)14(17)18)11-7-10(15)3-4-13(11)16/h3-4,7-9,12H,2,5-6H2,1H3,(H,17,18). The Balaban J connectivity index is 2.09. The lowest BCUT2D eigenvalue weighted by atomic mass is 9.90. The molecular weight excluding hydrogens is 271 g/mol. The summed E-state index contributed by atoms with van der Waals surface area (Å²) in [5, 5.41) is 10.3. The first-order valence-electron chi connectivity index (χ1n) is 6.20. The van der Waals surface area contributed by atoms with Gasteiger partial charge in [0.05, 0.1) is 5.92 Å². The van der Waals surface area contributed by atoms with Crippen LogP contribution in [0.2, 0.25) is 10.0 Å². The van der Waals surface area contributed by atoms with Crippen LogP contribution in [0.3, 0.4) is 0 Å². The zero-order valence-corrected chi connectivity index (χ0v) is 11.7. The largest absolute Gasteiger partial charge is 0.481 e. The Labute approximate surface area is 117 Å². The van der Waals surface area contributed by atoms with Crippen LogP contribution in [0, 0.1) is 11.8 Å². The highest BCUT2D eigenvalue weighted by molar-refractivity contribution is 6.33. The van der Waals surface area contributed by atoms with Crippen molar-refractivity contribution in [3.63, 3.8) is 0 Å². The van der Waals surface area contributed by atoms with Crippen molar-refractivity contribution in [1.82, 2.24) is 0 Å². The van der Waals surface area contributed by atoms with E-state index in [1.165, 1.54) is 0 Å². The summed E-state index contributed by atoms with van der Waals surface area (Å²) >= 11 is 12.2. The molecule has 0 saturated heterocycles. The Morgan fingerprint density at radius 1 is 1.50 bits per heavy atom. The summed E-state index contributed by atoms with van der Waals surface area (Å²) in [6.45, 7) is 2.10. The molecule has 98 valence electrons. The van der Waals surface area contributed by atoms with E-state index in [0.717, 1.165) is 29.8 Å². The number of carbonyl (C=O) groups is 1. The minimum Gasteiger partial charge on any atom is -0.481 e. The highest BCUT2D eigenvalue weighted by atomic mass is 35.5. The minimum atomic E-state index is -0.674. The van der Waals surface area contributed by atoms with E-state index in [9.17, 15) is 4.79 Å². The number of rotatable bonds is 5. The van der Waals surface area contributed by atoms with Gasteiger partial charge in [-0.15, -0.1) is 0 Å². The average Bonchev–Trinajstić information content (AvgIpc) is 3.09. The van der Waals surface area contributed by atoms with Gasteiger partial charge in [-0.05, 0) is 54.9 Å². The quantitative estimate of drug-likeness (QED) is 0.859. The van der Waals surface area contributed by atoms with Gasteiger partial charge in [-0.3, -0.25) is 4.79 Å². The molecule has 0 aromatic heterocycles. The molecule has 2 rings (SSSR count). The maximum Gasteiger partial charge on any atom is 0.306 e. The van der Waals surface area contributed by atoms with Gasteiger partial charge in [0.2, 0.25) is 0 Å². The SMILES string of the molecule is CCC(CC1CC1C(=O)O)c1cc(Cl)ccc1Cl. The third kappa shape index (κ3) is 2.99. The second kappa shape index (κ2) is 5.50. The van der Waals surface area contributed by atoms with Crippen molar-refractivity contribution in [2.75, 3.05) is 0 Å². The Morgan fingerprint density at radius 2 is 2.22 bits per heavy atom. The first-order valence-corrected chi connectivity index (χ1v) is 6.96. The molecule has 0 heterocycles. The van der Waals surface area contributed by atoms with Crippen molar-refractivity contribution in [2.24, 2.45) is 11.8 Å². The molecule has 1 aliphatic carbocycles. The fourth-order valence-corrected chi connectivity index (χ4v) is 2.97. The summed E-state index contributed by atoms with van der Waals surface area (Å²) in [5.74, 6) is -0.239. The lowest BCUT2D eigenvalue weighted by Gasteiger charge is -2.17. The summed E-state index contributed by atoms with van der Waals surface area (Å²) in [4.78, 5) is 10.9. The number of hydrogen-bond donors (Lipinski definition) is 1. The normalized spacial score (nSPS) is 23.7. The van der Waals surface area contributed by atoms with Gasteiger partial charge in [0.1, 0.15) is 0 Å². The second-order valence-corrected chi connectivity index (χ2v) is 5.79. The second-order valence-electron chi connectivity index (χ2n) is 4.95. The van der Waals surface area contributed by atoms with Crippen LogP contribution in [-0.4, -0.2) is 11.1 Å². The first-order chi connectivity index (χ1) is 8.52. The molecule has 1 aromatic carbocycles. The molecule has 3 unspecified atom stereocenters. The fourth-order valence-electron chi connectivity index (χ4n) is 2.52. The van der Waals surface area contributed by atoms with E-state index in [2.05, 4.69) is 6.92 Å². The lowest BCUT2D eigenvalue weighted by Crippen LogP contribution is -2.04. The number of carboxylic acid groups (broad SMARTS) is 1. The van der Waals surface area contributed by atoms with Gasteiger partial charge >= 0.3 is 5.97 Å². The number of halogens is 2. The van der Waals surface area contributed by atoms with E-state index in [-0.39, 0.29) is 5.92 Å². The van der Waals surface area contributed by atoms with Gasteiger partial charge in [-0.2, -0.15) is 0 Å². The molecule has 0 spiro atoms. The summed E-state index contributed by atoms with van der Waals surface area (Å²) in [6.07, 6.45) is 2.63. The molecule has 0 bridgehead atoms. The van der Waals surface area contributed by atoms with Crippen LogP contribution in [0.25, 0.3) is 0 Å². The minimum absolute atomic E-state index is 0.156. The van der Waals surface area contributed by atoms with Crippen molar-refractivity contribution in [1.29, 1.82) is 0 Å². The monoisotopic (exact) mass is 286 g/mol. The number of carboxylic acids is 1. The van der Waals surface area contributed by atoms with Crippen LogP contribution in [0.15, 0.2) is 18.2 Å². The predicted molar refractivity (Wildman–Crippen MR) is 73.3 cm³/mol. The summed E-state index contributed by atoms with van der Waals surface area (Å²) in [5.41, 5.74) is 1.04. The molecule has 1 fully saturated rings. The molecule has 2 nitrogen and oxygen atoms in total. The molecule has 0 aliphatic heterocycles. The topological polar surface area (TPSA) is 37.3 Å². The lowest BCUT2D eigenvalue weighted by molar-refractivity contribution is -0.138. The molecule has 0 radical (unpaired) electrons. The zero-order valence-electron chi connectivity index (χ0n) is 10.2. The van der Waals surface area contributed by atoms with Gasteiger partial charge in [-0.1, -0.05) is 30.1 Å². The Hall–Kier alpha value is -0.730. The Kier molecular flexibility index (Phi) is 4.18. The Morgan fingerprint density at radius 3 is 2.78 bits per heavy atom. The van der Waals surface area contributed by atoms with Crippen LogP contribution in [0.5, 0.6) is 0 Å². The smallest absolute Gasteiger partial charge is 0.306 e. The molecule has 1 N–H and O–H groups in total. The van der Waals surface area contributed by atoms with E-state index in [4.69, 9.17) is 28.3 Å². The van der Waals surface area contributed by atoms with Gasteiger partial charge in [0, 0.05) is 10.0 Å². The van der Waals surface area contributed by atoms with Crippen molar-refractivity contribution in [3.8, 4) is 0 Å². The molecular formula is C14H16Cl2O2. The highest BCUT2D eigenvalue weighted by Gasteiger charge is 2.43. The van der Waals surface area contributed by atoms with Crippen LogP contribution < -0.4 is 0 Å². The average molecular weight is 287 g/mol. The van der Waals surface area contributed by atoms with Gasteiger partial charge in [0.15, 0.2) is 0 Å². The Bertz CT molecular complexity index is 459. The van der Waals surface area contributed by atoms with Crippen molar-refractivity contribution < 1.29 is 9.90 Å². The third-order valence-corrected chi connectivity index (χ3v) is 4.30. The molecule has 1 saturated carbocycles. The van der Waals surface area contributed by atoms with E-state index in [0.29, 0.717) is 16.9 Å². The number of benzene rings is 1. The van der Waals surface area contributed by atoms with Crippen LogP contribution in [-0.2, 0) is 4.79 Å². The summed E-state index contributed by atoms with van der Waals surface area (Å²) in [6, 6.07) is 5.48. The third-order valence-electron chi connectivity index (χ3n) is 3.72. The summed E-state index contributed by atoms with van der Waals surface area (Å²) in [7, 11) is 0. The number of hydrogen-bond acceptors (Lipinski definition) is 1. The van der Waals surface area contributed by atoms with Crippen molar-refractivity contribution >= 4 is 29.2 Å². The predicted octanol–water partition coefficient (Wildman–Crippen LogP) is 4.60. The molecule has 18 heavy (non-hydrogen) atoms. The van der Waals surface area contributed by atoms with Crippen molar-refractivity contribution in [2.45, 2.75) is 32.1 Å². The van der Waals surface area contributed by atoms with E-state index >= 15 is 0 Å². The fraction of sp³-hybridized carbons (Fsp3) is 0.500. The highest BCUT2D eigenvalue weighted by Crippen LogP contribution is 2.47. The number of aliphatic carboxylic acids is 1. The molecule has 1 aromatic rings. The van der Waals surface area contributed by atoms with Crippen LogP contribution in [0.1, 0.15) is 37.7 Å². The molecule has 0 amide bonds. The van der Waals surface area contributed by atoms with E-state index < -0.39 is 5.97 Å². The van der Waals surface area contributed by atoms with Crippen LogP contribution in [0.4, 0.5) is 0 Å². The molecule has 1 aliphatic rings. The van der Waals surface area contributed by atoms with Crippen molar-refractivity contribution in [3.05, 3.63) is 33.8 Å². The molecule has 4 heteroatoms. The molecule has 3 atom stereocenters. The van der Waals surface area contributed by atoms with Gasteiger partial charge in [-0.25, -0.2) is 0 Å². The zero-order chi connectivity index (χ0) is 13.3. The first kappa shape index (κ1) is 13.7. The van der Waals surface area contributed by atoms with E-state index in [1.54, 1.807) is 6.07 Å². The summed E-state index contributed by atoms with van der Waals surface area (Å²) < 4.78 is 0. The van der Waals surface area contributed by atoms with Gasteiger partial charge in [0.25, 0.3) is 0 Å². The van der Waals surface area contributed by atoms with E-state index in [1.807, 2.05) is 12.1 Å². The van der Waals surface area contributed by atoms with Crippen LogP contribution >= 0.6 is 23.2 Å². The maximum absolute atomic E-state index is 10.9. The van der Waals surface area contributed by atoms with Gasteiger partial charge < -0.3 is 5.11 Å². The maximum atomic E-state index is 10.9.